The van der Waals surface area contributed by atoms with Crippen LogP contribution >= 0.6 is 11.6 Å². The average Bonchev–Trinajstić information content (AvgIpc) is 3.08. The summed E-state index contributed by atoms with van der Waals surface area (Å²) in [5, 5.41) is 10.1. The molecule has 2 aromatic rings. The number of aliphatic hydroxyl groups excluding tert-OH is 1. The number of β-amino-alcohol motifs (C(OH)–C–C–N with tert-alkyl or cyclic N) is 1. The van der Waals surface area contributed by atoms with Crippen LogP contribution in [-0.4, -0.2) is 53.6 Å². The zero-order valence-corrected chi connectivity index (χ0v) is 16.5. The van der Waals surface area contributed by atoms with Gasteiger partial charge in [0, 0.05) is 29.2 Å². The quantitative estimate of drug-likeness (QED) is 0.805. The first-order valence-corrected chi connectivity index (χ1v) is 10.7. The van der Waals surface area contributed by atoms with Gasteiger partial charge in [-0.3, -0.25) is 4.90 Å². The molecule has 1 aromatic carbocycles. The average molecular weight is 399 g/mol. The molecular weight excluding hydrogens is 376 g/mol. The Morgan fingerprint density at radius 2 is 2.04 bits per heavy atom. The fourth-order valence-corrected chi connectivity index (χ4v) is 5.67. The summed E-state index contributed by atoms with van der Waals surface area (Å²) < 4.78 is 29.7. The van der Waals surface area contributed by atoms with Crippen LogP contribution in [0, 0.1) is 6.92 Å². The lowest BCUT2D eigenvalue weighted by Gasteiger charge is -2.36. The normalized spacial score (nSPS) is 22.2. The highest BCUT2D eigenvalue weighted by Crippen LogP contribution is 2.32. The van der Waals surface area contributed by atoms with Crippen LogP contribution in [0.25, 0.3) is 11.5 Å². The van der Waals surface area contributed by atoms with Crippen LogP contribution < -0.4 is 0 Å². The van der Waals surface area contributed by atoms with E-state index in [2.05, 4.69) is 4.98 Å². The van der Waals surface area contributed by atoms with Gasteiger partial charge >= 0.3 is 0 Å². The monoisotopic (exact) mass is 398 g/mol. The summed E-state index contributed by atoms with van der Waals surface area (Å²) in [6, 6.07) is 7.23. The van der Waals surface area contributed by atoms with E-state index in [4.69, 9.17) is 16.0 Å². The van der Waals surface area contributed by atoms with Crippen LogP contribution in [-0.2, 0) is 16.4 Å². The maximum atomic E-state index is 12.0. The molecule has 1 aliphatic rings. The van der Waals surface area contributed by atoms with Crippen molar-refractivity contribution in [1.29, 1.82) is 0 Å². The van der Waals surface area contributed by atoms with Crippen molar-refractivity contribution in [2.24, 2.45) is 0 Å². The molecule has 0 aliphatic carbocycles. The molecule has 2 heterocycles. The lowest BCUT2D eigenvalue weighted by Crippen LogP contribution is -2.48. The van der Waals surface area contributed by atoms with E-state index in [0.29, 0.717) is 36.2 Å². The molecule has 0 spiro atoms. The predicted octanol–water partition coefficient (Wildman–Crippen LogP) is 2.67. The van der Waals surface area contributed by atoms with E-state index in [1.807, 2.05) is 30.9 Å². The Balaban J connectivity index is 1.85. The van der Waals surface area contributed by atoms with Crippen molar-refractivity contribution in [3.05, 3.63) is 40.7 Å². The van der Waals surface area contributed by atoms with Crippen LogP contribution in [0.1, 0.15) is 24.8 Å². The summed E-state index contributed by atoms with van der Waals surface area (Å²) in [4.78, 5) is 6.58. The van der Waals surface area contributed by atoms with Crippen molar-refractivity contribution in [1.82, 2.24) is 9.88 Å². The first-order valence-electron chi connectivity index (χ1n) is 8.51. The summed E-state index contributed by atoms with van der Waals surface area (Å²) >= 11 is 5.92. The van der Waals surface area contributed by atoms with E-state index in [9.17, 15) is 13.5 Å². The van der Waals surface area contributed by atoms with E-state index < -0.39 is 15.4 Å². The number of aliphatic hydroxyl groups is 1. The van der Waals surface area contributed by atoms with Gasteiger partial charge in [0.15, 0.2) is 9.84 Å². The zero-order valence-electron chi connectivity index (χ0n) is 14.9. The molecule has 0 radical (unpaired) electrons. The van der Waals surface area contributed by atoms with E-state index >= 15 is 0 Å². The molecule has 6 nitrogen and oxygen atoms in total. The summed E-state index contributed by atoms with van der Waals surface area (Å²) in [5.74, 6) is 1.46. The summed E-state index contributed by atoms with van der Waals surface area (Å²) in [7, 11) is -3.04. The number of hydrogen-bond acceptors (Lipinski definition) is 6. The molecule has 1 aliphatic heterocycles. The van der Waals surface area contributed by atoms with Gasteiger partial charge in [0.05, 0.1) is 23.8 Å². The molecule has 26 heavy (non-hydrogen) atoms. The van der Waals surface area contributed by atoms with Gasteiger partial charge in [0.1, 0.15) is 5.76 Å². The van der Waals surface area contributed by atoms with Gasteiger partial charge in [-0.15, -0.1) is 0 Å². The van der Waals surface area contributed by atoms with Gasteiger partial charge in [-0.2, -0.15) is 0 Å². The molecule has 0 amide bonds. The van der Waals surface area contributed by atoms with Crippen molar-refractivity contribution in [3.63, 3.8) is 0 Å². The molecular formula is C18H23ClN2O4S. The molecule has 1 fully saturated rings. The van der Waals surface area contributed by atoms with Crippen LogP contribution in [0.5, 0.6) is 0 Å². The largest absolute Gasteiger partial charge is 0.441 e. The van der Waals surface area contributed by atoms with Gasteiger partial charge < -0.3 is 9.52 Å². The second-order valence-corrected chi connectivity index (χ2v) is 9.63. The number of nitrogens with zero attached hydrogens (tertiary/aromatic N) is 2. The van der Waals surface area contributed by atoms with E-state index in [0.717, 1.165) is 11.3 Å². The summed E-state index contributed by atoms with van der Waals surface area (Å²) in [6.45, 7) is 4.54. The number of rotatable bonds is 6. The van der Waals surface area contributed by atoms with Crippen LogP contribution in [0.3, 0.4) is 0 Å². The standard InChI is InChI=1S/C18H23ClN2O4S/c1-13-16(20-17(25-13)14-3-5-15(19)6-4-14)11-21(8-9-22)18(2)7-10-26(23,24)12-18/h3-6,22H,7-12H2,1-2H3. The summed E-state index contributed by atoms with van der Waals surface area (Å²) in [6.07, 6.45) is 0.552. The third kappa shape index (κ3) is 4.11. The number of benzene rings is 1. The number of aryl methyl sites for hydroxylation is 1. The lowest BCUT2D eigenvalue weighted by atomic mass is 9.99. The smallest absolute Gasteiger partial charge is 0.226 e. The molecule has 3 rings (SSSR count). The third-order valence-corrected chi connectivity index (χ3v) is 7.08. The first-order chi connectivity index (χ1) is 12.2. The number of aromatic nitrogens is 1. The molecule has 142 valence electrons. The number of oxazole rings is 1. The van der Waals surface area contributed by atoms with Gasteiger partial charge in [-0.25, -0.2) is 13.4 Å². The van der Waals surface area contributed by atoms with Crippen molar-refractivity contribution in [3.8, 4) is 11.5 Å². The number of sulfone groups is 1. The zero-order chi connectivity index (χ0) is 18.9. The van der Waals surface area contributed by atoms with Gasteiger partial charge in [-0.05, 0) is 44.5 Å². The number of halogens is 1. The molecule has 1 unspecified atom stereocenters. The Morgan fingerprint density at radius 3 is 2.62 bits per heavy atom. The molecule has 1 aromatic heterocycles. The predicted molar refractivity (Wildman–Crippen MR) is 101 cm³/mol. The fourth-order valence-electron chi connectivity index (χ4n) is 3.37. The van der Waals surface area contributed by atoms with Crippen molar-refractivity contribution < 1.29 is 17.9 Å². The third-order valence-electron chi connectivity index (χ3n) is 4.94. The second kappa shape index (κ2) is 7.31. The Labute approximate surface area is 158 Å². The lowest BCUT2D eigenvalue weighted by molar-refractivity contribution is 0.0884. The molecule has 1 N–H and O–H groups in total. The first kappa shape index (κ1) is 19.4. The van der Waals surface area contributed by atoms with E-state index in [-0.39, 0.29) is 18.1 Å². The minimum absolute atomic E-state index is 0.0451. The van der Waals surface area contributed by atoms with Crippen molar-refractivity contribution >= 4 is 21.4 Å². The van der Waals surface area contributed by atoms with Crippen LogP contribution in [0.4, 0.5) is 0 Å². The van der Waals surface area contributed by atoms with Gasteiger partial charge in [0.25, 0.3) is 0 Å². The molecule has 0 saturated carbocycles. The minimum Gasteiger partial charge on any atom is -0.441 e. The number of hydrogen-bond donors (Lipinski definition) is 1. The summed E-state index contributed by atoms with van der Waals surface area (Å²) in [5.41, 5.74) is 1.06. The molecule has 1 saturated heterocycles. The van der Waals surface area contributed by atoms with Gasteiger partial charge in [0.2, 0.25) is 5.89 Å². The van der Waals surface area contributed by atoms with Crippen LogP contribution in [0.15, 0.2) is 28.7 Å². The highest BCUT2D eigenvalue weighted by molar-refractivity contribution is 7.91. The van der Waals surface area contributed by atoms with Gasteiger partial charge in [-0.1, -0.05) is 11.6 Å². The van der Waals surface area contributed by atoms with E-state index in [1.165, 1.54) is 0 Å². The minimum atomic E-state index is -3.04. The molecule has 8 heteroatoms. The second-order valence-electron chi connectivity index (χ2n) is 7.01. The highest BCUT2D eigenvalue weighted by atomic mass is 35.5. The Bertz CT molecular complexity index is 879. The Kier molecular flexibility index (Phi) is 5.44. The Hall–Kier alpha value is -1.41. The molecule has 0 bridgehead atoms. The fraction of sp³-hybridized carbons (Fsp3) is 0.500. The maximum Gasteiger partial charge on any atom is 0.226 e. The van der Waals surface area contributed by atoms with Crippen molar-refractivity contribution in [2.75, 3.05) is 24.7 Å². The van der Waals surface area contributed by atoms with Crippen LogP contribution in [0.2, 0.25) is 5.02 Å². The van der Waals surface area contributed by atoms with E-state index in [1.54, 1.807) is 12.1 Å². The SMILES string of the molecule is Cc1oc(-c2ccc(Cl)cc2)nc1CN(CCO)C1(C)CCS(=O)(=O)C1. The maximum absolute atomic E-state index is 12.0. The highest BCUT2D eigenvalue weighted by Gasteiger charge is 2.42. The van der Waals surface area contributed by atoms with Crippen molar-refractivity contribution in [2.45, 2.75) is 32.4 Å². The topological polar surface area (TPSA) is 83.6 Å². The Morgan fingerprint density at radius 1 is 1.35 bits per heavy atom. The molecule has 1 atom stereocenters.